The molecule has 0 amide bonds. The molecule has 0 fully saturated rings. The van der Waals surface area contributed by atoms with Crippen LogP contribution in [0.25, 0.3) is 0 Å². The minimum Gasteiger partial charge on any atom is -0.466 e. The van der Waals surface area contributed by atoms with Gasteiger partial charge in [0.25, 0.3) is 0 Å². The van der Waals surface area contributed by atoms with Gasteiger partial charge < -0.3 is 9.64 Å². The Bertz CT molecular complexity index is 426. The van der Waals surface area contributed by atoms with Crippen LogP contribution in [0.3, 0.4) is 0 Å². The molecule has 4 heteroatoms. The van der Waals surface area contributed by atoms with Crippen LogP contribution in [0.15, 0.2) is 35.9 Å². The van der Waals surface area contributed by atoms with Crippen molar-refractivity contribution >= 4 is 11.7 Å². The molecule has 0 aromatic heterocycles. The number of hydrogen-bond donors (Lipinski definition) is 0. The van der Waals surface area contributed by atoms with Crippen molar-refractivity contribution in [2.45, 2.75) is 13.8 Å². The van der Waals surface area contributed by atoms with Crippen LogP contribution in [0, 0.1) is 5.82 Å². The quantitative estimate of drug-likeness (QED) is 0.595. The molecule has 0 N–H and O–H groups in total. The van der Waals surface area contributed by atoms with Gasteiger partial charge in [0.05, 0.1) is 7.11 Å². The summed E-state index contributed by atoms with van der Waals surface area (Å²) in [6.07, 6.45) is 1.80. The van der Waals surface area contributed by atoms with Crippen LogP contribution in [-0.2, 0) is 9.53 Å². The van der Waals surface area contributed by atoms with E-state index in [9.17, 15) is 9.18 Å². The number of likely N-dealkylation sites (N-methyl/N-ethyl adjacent to an activating group) is 1. The van der Waals surface area contributed by atoms with E-state index >= 15 is 0 Å². The van der Waals surface area contributed by atoms with Crippen molar-refractivity contribution in [3.63, 3.8) is 0 Å². The standard InChI is InChI=1S/C14H18FNO2/c1-4-16(10-9-11(2)14(17)18-3)13-7-5-12(15)6-8-13/h5-9H,4,10H2,1-3H3. The molecule has 0 aliphatic heterocycles. The molecule has 1 aromatic rings. The van der Waals surface area contributed by atoms with Crippen molar-refractivity contribution in [2.75, 3.05) is 25.1 Å². The van der Waals surface area contributed by atoms with Crippen LogP contribution in [-0.4, -0.2) is 26.2 Å². The number of anilines is 1. The van der Waals surface area contributed by atoms with Crippen molar-refractivity contribution in [2.24, 2.45) is 0 Å². The second-order valence-electron chi connectivity index (χ2n) is 3.89. The third-order valence-corrected chi connectivity index (χ3v) is 2.70. The monoisotopic (exact) mass is 251 g/mol. The van der Waals surface area contributed by atoms with Gasteiger partial charge in [-0.25, -0.2) is 9.18 Å². The molecule has 0 saturated heterocycles. The Morgan fingerprint density at radius 2 is 2.00 bits per heavy atom. The summed E-state index contributed by atoms with van der Waals surface area (Å²) < 4.78 is 17.5. The van der Waals surface area contributed by atoms with Gasteiger partial charge in [-0.15, -0.1) is 0 Å². The second-order valence-corrected chi connectivity index (χ2v) is 3.89. The Labute approximate surface area is 107 Å². The van der Waals surface area contributed by atoms with Crippen LogP contribution < -0.4 is 4.90 Å². The molecule has 0 radical (unpaired) electrons. The topological polar surface area (TPSA) is 29.5 Å². The van der Waals surface area contributed by atoms with Gasteiger partial charge in [0.2, 0.25) is 0 Å². The lowest BCUT2D eigenvalue weighted by atomic mass is 10.2. The van der Waals surface area contributed by atoms with Gasteiger partial charge in [-0.05, 0) is 38.1 Å². The fraction of sp³-hybridized carbons (Fsp3) is 0.357. The summed E-state index contributed by atoms with van der Waals surface area (Å²) in [4.78, 5) is 13.3. The molecule has 0 spiro atoms. The first-order valence-corrected chi connectivity index (χ1v) is 5.84. The zero-order valence-corrected chi connectivity index (χ0v) is 10.9. The molecule has 0 aliphatic carbocycles. The normalized spacial score (nSPS) is 11.2. The number of halogens is 1. The summed E-state index contributed by atoms with van der Waals surface area (Å²) in [6.45, 7) is 5.08. The molecular weight excluding hydrogens is 233 g/mol. The summed E-state index contributed by atoms with van der Waals surface area (Å²) in [5.41, 5.74) is 1.49. The number of benzene rings is 1. The molecule has 0 aliphatic rings. The Hall–Kier alpha value is -1.84. The van der Waals surface area contributed by atoms with Crippen molar-refractivity contribution in [3.05, 3.63) is 41.7 Å². The van der Waals surface area contributed by atoms with Gasteiger partial charge in [-0.1, -0.05) is 6.08 Å². The average molecular weight is 251 g/mol. The highest BCUT2D eigenvalue weighted by Gasteiger charge is 2.06. The minimum absolute atomic E-state index is 0.254. The number of hydrogen-bond acceptors (Lipinski definition) is 3. The lowest BCUT2D eigenvalue weighted by Gasteiger charge is -2.21. The maximum Gasteiger partial charge on any atom is 0.333 e. The SMILES string of the molecule is CCN(CC=C(C)C(=O)OC)c1ccc(F)cc1. The number of nitrogens with zero attached hydrogens (tertiary/aromatic N) is 1. The number of methoxy groups -OCH3 is 1. The van der Waals surface area contributed by atoms with Crippen LogP contribution in [0.4, 0.5) is 10.1 Å². The average Bonchev–Trinajstić information content (AvgIpc) is 2.40. The third kappa shape index (κ3) is 3.87. The van der Waals surface area contributed by atoms with Gasteiger partial charge in [0.15, 0.2) is 0 Å². The Balaban J connectivity index is 2.74. The third-order valence-electron chi connectivity index (χ3n) is 2.70. The maximum atomic E-state index is 12.8. The van der Waals surface area contributed by atoms with E-state index < -0.39 is 0 Å². The van der Waals surface area contributed by atoms with E-state index in [-0.39, 0.29) is 11.8 Å². The first-order valence-electron chi connectivity index (χ1n) is 5.84. The summed E-state index contributed by atoms with van der Waals surface area (Å²) >= 11 is 0. The van der Waals surface area contributed by atoms with Crippen molar-refractivity contribution in [3.8, 4) is 0 Å². The predicted molar refractivity (Wildman–Crippen MR) is 70.1 cm³/mol. The van der Waals surface area contributed by atoms with Gasteiger partial charge in [-0.3, -0.25) is 0 Å². The molecular formula is C14H18FNO2. The maximum absolute atomic E-state index is 12.8. The zero-order chi connectivity index (χ0) is 13.5. The summed E-state index contributed by atoms with van der Waals surface area (Å²) in [6, 6.07) is 6.30. The number of carbonyl (C=O) groups excluding carboxylic acids is 1. The number of ether oxygens (including phenoxy) is 1. The summed E-state index contributed by atoms with van der Waals surface area (Å²) in [7, 11) is 1.36. The van der Waals surface area contributed by atoms with Crippen LogP contribution in [0.1, 0.15) is 13.8 Å². The molecule has 1 aromatic carbocycles. The van der Waals surface area contributed by atoms with Crippen molar-refractivity contribution < 1.29 is 13.9 Å². The molecule has 18 heavy (non-hydrogen) atoms. The summed E-state index contributed by atoms with van der Waals surface area (Å²) in [5.74, 6) is -0.582. The molecule has 1 rings (SSSR count). The number of carbonyl (C=O) groups is 1. The summed E-state index contributed by atoms with van der Waals surface area (Å²) in [5, 5.41) is 0. The second kappa shape index (κ2) is 6.79. The molecule has 98 valence electrons. The van der Waals surface area contributed by atoms with Gasteiger partial charge >= 0.3 is 5.97 Å². The van der Waals surface area contributed by atoms with Crippen LogP contribution in [0.5, 0.6) is 0 Å². The van der Waals surface area contributed by atoms with Gasteiger partial charge in [-0.2, -0.15) is 0 Å². The van der Waals surface area contributed by atoms with E-state index in [0.717, 1.165) is 12.2 Å². The van der Waals surface area contributed by atoms with E-state index in [2.05, 4.69) is 4.74 Å². The molecule has 0 bridgehead atoms. The van der Waals surface area contributed by atoms with Gasteiger partial charge in [0.1, 0.15) is 5.82 Å². The van der Waals surface area contributed by atoms with E-state index in [1.54, 1.807) is 25.1 Å². The molecule has 0 unspecified atom stereocenters. The molecule has 0 heterocycles. The Morgan fingerprint density at radius 1 is 1.39 bits per heavy atom. The smallest absolute Gasteiger partial charge is 0.333 e. The lowest BCUT2D eigenvalue weighted by Crippen LogP contribution is -2.23. The number of esters is 1. The molecule has 3 nitrogen and oxygen atoms in total. The highest BCUT2D eigenvalue weighted by atomic mass is 19.1. The Kier molecular flexibility index (Phi) is 5.36. The minimum atomic E-state index is -0.329. The van der Waals surface area contributed by atoms with E-state index in [4.69, 9.17) is 0 Å². The van der Waals surface area contributed by atoms with E-state index in [1.807, 2.05) is 11.8 Å². The zero-order valence-electron chi connectivity index (χ0n) is 10.9. The van der Waals surface area contributed by atoms with E-state index in [0.29, 0.717) is 12.1 Å². The first-order chi connectivity index (χ1) is 8.58. The van der Waals surface area contributed by atoms with Crippen molar-refractivity contribution in [1.82, 2.24) is 0 Å². The fourth-order valence-corrected chi connectivity index (χ4v) is 1.56. The molecule has 0 atom stereocenters. The van der Waals surface area contributed by atoms with E-state index in [1.165, 1.54) is 19.2 Å². The first kappa shape index (κ1) is 14.2. The molecule has 0 saturated carbocycles. The highest BCUT2D eigenvalue weighted by molar-refractivity contribution is 5.87. The number of rotatable bonds is 5. The lowest BCUT2D eigenvalue weighted by molar-refractivity contribution is -0.136. The predicted octanol–water partition coefficient (Wildman–Crippen LogP) is 2.77. The Morgan fingerprint density at radius 3 is 2.50 bits per heavy atom. The fourth-order valence-electron chi connectivity index (χ4n) is 1.56. The van der Waals surface area contributed by atoms with Gasteiger partial charge in [0, 0.05) is 24.4 Å². The largest absolute Gasteiger partial charge is 0.466 e. The highest BCUT2D eigenvalue weighted by Crippen LogP contribution is 2.14. The van der Waals surface area contributed by atoms with Crippen LogP contribution in [0.2, 0.25) is 0 Å². The van der Waals surface area contributed by atoms with Crippen molar-refractivity contribution in [1.29, 1.82) is 0 Å². The van der Waals surface area contributed by atoms with Crippen LogP contribution >= 0.6 is 0 Å².